The second kappa shape index (κ2) is 8.36. The Labute approximate surface area is 255 Å². The van der Waals surface area contributed by atoms with Crippen LogP contribution in [0, 0.1) is 0 Å². The lowest BCUT2D eigenvalue weighted by atomic mass is 9.80. The Morgan fingerprint density at radius 1 is 0.455 bits per heavy atom. The normalized spacial score (nSPS) is 13.9. The molecule has 1 heteroatoms. The van der Waals surface area contributed by atoms with Crippen LogP contribution in [0.4, 0.5) is 0 Å². The van der Waals surface area contributed by atoms with Crippen LogP contribution in [0.25, 0.3) is 87.6 Å². The highest BCUT2D eigenvalue weighted by Crippen LogP contribution is 2.56. The van der Waals surface area contributed by atoms with Gasteiger partial charge in [0.2, 0.25) is 0 Å². The first-order chi connectivity index (χ1) is 21.6. The van der Waals surface area contributed by atoms with Crippen molar-refractivity contribution in [2.45, 2.75) is 19.3 Å². The van der Waals surface area contributed by atoms with Crippen LogP contribution in [0.15, 0.2) is 138 Å². The van der Waals surface area contributed by atoms with Gasteiger partial charge in [-0.15, -0.1) is 0 Å². The number of furan rings is 1. The Morgan fingerprint density at radius 3 is 1.82 bits per heavy atom. The molecule has 0 atom stereocenters. The lowest BCUT2D eigenvalue weighted by Crippen LogP contribution is -2.14. The molecule has 1 nitrogen and oxygen atoms in total. The van der Waals surface area contributed by atoms with Gasteiger partial charge in [-0.25, -0.2) is 0 Å². The van der Waals surface area contributed by atoms with Crippen molar-refractivity contribution >= 4 is 54.3 Å². The van der Waals surface area contributed by atoms with Gasteiger partial charge < -0.3 is 4.42 Å². The van der Waals surface area contributed by atoms with Crippen molar-refractivity contribution in [1.29, 1.82) is 0 Å². The molecule has 0 spiro atoms. The third-order valence-electron chi connectivity index (χ3n) is 10.2. The summed E-state index contributed by atoms with van der Waals surface area (Å²) < 4.78 is 6.85. The Balaban J connectivity index is 1.43. The van der Waals surface area contributed by atoms with Gasteiger partial charge >= 0.3 is 0 Å². The highest BCUT2D eigenvalue weighted by Gasteiger charge is 2.38. The van der Waals surface area contributed by atoms with E-state index in [-0.39, 0.29) is 5.41 Å². The van der Waals surface area contributed by atoms with Crippen LogP contribution in [0.2, 0.25) is 0 Å². The Hall–Kier alpha value is -5.40. The van der Waals surface area contributed by atoms with E-state index in [4.69, 9.17) is 4.42 Å². The van der Waals surface area contributed by atoms with E-state index >= 15 is 0 Å². The van der Waals surface area contributed by atoms with E-state index in [0.717, 1.165) is 11.2 Å². The summed E-state index contributed by atoms with van der Waals surface area (Å²) >= 11 is 0. The standard InChI is InChI=1S/C43H28O/c1-43(2)34-21-11-10-20-31(34)40-35(43)24-33-32(23-26-15-12-22-36-38(26)41(33)42(40)44-36)39-29-18-8-6-16-27(29)37(25-13-4-3-5-14-25)28-17-7-9-19-30(28)39/h3-24H,1-2H3. The monoisotopic (exact) mass is 560 g/mol. The first kappa shape index (κ1) is 24.1. The summed E-state index contributed by atoms with van der Waals surface area (Å²) in [4.78, 5) is 0. The van der Waals surface area contributed by atoms with E-state index < -0.39 is 0 Å². The fourth-order valence-corrected chi connectivity index (χ4v) is 8.28. The molecule has 0 unspecified atom stereocenters. The van der Waals surface area contributed by atoms with Gasteiger partial charge in [0.1, 0.15) is 11.2 Å². The molecule has 0 aliphatic heterocycles. The molecular weight excluding hydrogens is 532 g/mol. The minimum absolute atomic E-state index is 0.137. The quantitative estimate of drug-likeness (QED) is 0.151. The highest BCUT2D eigenvalue weighted by molar-refractivity contribution is 6.31. The lowest BCUT2D eigenvalue weighted by Gasteiger charge is -2.23. The zero-order chi connectivity index (χ0) is 29.2. The van der Waals surface area contributed by atoms with Crippen LogP contribution in [-0.4, -0.2) is 0 Å². The maximum absolute atomic E-state index is 6.85. The molecule has 0 saturated heterocycles. The number of rotatable bonds is 2. The second-order valence-electron chi connectivity index (χ2n) is 12.8. The molecule has 9 aromatic rings. The number of hydrogen-bond acceptors (Lipinski definition) is 1. The molecule has 10 rings (SSSR count). The SMILES string of the molecule is CC1(C)c2ccccc2-c2c1cc1c(-c3c4ccccc4c(-c4ccccc4)c4ccccc34)cc3cccc4oc2c1c34. The first-order valence-electron chi connectivity index (χ1n) is 15.4. The van der Waals surface area contributed by atoms with Crippen LogP contribution in [0.1, 0.15) is 25.0 Å². The van der Waals surface area contributed by atoms with E-state index in [1.807, 2.05) is 0 Å². The van der Waals surface area contributed by atoms with Gasteiger partial charge in [0, 0.05) is 21.8 Å². The molecule has 0 fully saturated rings. The molecule has 0 saturated carbocycles. The zero-order valence-corrected chi connectivity index (χ0v) is 24.6. The summed E-state index contributed by atoms with van der Waals surface area (Å²) in [7, 11) is 0. The molecule has 1 aliphatic carbocycles. The van der Waals surface area contributed by atoms with Gasteiger partial charge in [-0.2, -0.15) is 0 Å². The van der Waals surface area contributed by atoms with Crippen molar-refractivity contribution in [2.24, 2.45) is 0 Å². The summed E-state index contributed by atoms with van der Waals surface area (Å²) in [5.74, 6) is 0. The van der Waals surface area contributed by atoms with Crippen LogP contribution in [0.3, 0.4) is 0 Å². The predicted octanol–water partition coefficient (Wildman–Crippen LogP) is 12.1. The van der Waals surface area contributed by atoms with Gasteiger partial charge in [0.05, 0.1) is 0 Å². The van der Waals surface area contributed by atoms with Crippen molar-refractivity contribution in [3.8, 4) is 33.4 Å². The topological polar surface area (TPSA) is 13.1 Å². The summed E-state index contributed by atoms with van der Waals surface area (Å²) in [5.41, 5.74) is 12.2. The van der Waals surface area contributed by atoms with Gasteiger partial charge in [-0.05, 0) is 89.5 Å². The Kier molecular flexibility index (Phi) is 4.58. The second-order valence-corrected chi connectivity index (χ2v) is 12.8. The molecule has 0 bridgehead atoms. The smallest absolute Gasteiger partial charge is 0.144 e. The van der Waals surface area contributed by atoms with Gasteiger partial charge in [-0.1, -0.05) is 129 Å². The van der Waals surface area contributed by atoms with E-state index in [1.54, 1.807) is 0 Å². The van der Waals surface area contributed by atoms with Crippen molar-refractivity contribution < 1.29 is 4.42 Å². The molecule has 206 valence electrons. The molecule has 44 heavy (non-hydrogen) atoms. The summed E-state index contributed by atoms with van der Waals surface area (Å²) in [6.07, 6.45) is 0. The number of hydrogen-bond donors (Lipinski definition) is 0. The largest absolute Gasteiger partial charge is 0.455 e. The minimum atomic E-state index is -0.137. The molecule has 0 amide bonds. The lowest BCUT2D eigenvalue weighted by molar-refractivity contribution is 0.654. The van der Waals surface area contributed by atoms with E-state index in [9.17, 15) is 0 Å². The van der Waals surface area contributed by atoms with Crippen LogP contribution in [-0.2, 0) is 5.41 Å². The van der Waals surface area contributed by atoms with Gasteiger partial charge in [0.15, 0.2) is 0 Å². The fraction of sp³-hybridized carbons (Fsp3) is 0.0698. The number of benzene rings is 8. The van der Waals surface area contributed by atoms with Crippen LogP contribution >= 0.6 is 0 Å². The molecule has 1 heterocycles. The highest BCUT2D eigenvalue weighted by atomic mass is 16.3. The third kappa shape index (κ3) is 2.94. The maximum atomic E-state index is 6.85. The number of fused-ring (bicyclic) bond motifs is 6. The Bertz CT molecular complexity index is 2560. The van der Waals surface area contributed by atoms with Crippen molar-refractivity contribution in [3.63, 3.8) is 0 Å². The van der Waals surface area contributed by atoms with Crippen LogP contribution < -0.4 is 0 Å². The zero-order valence-electron chi connectivity index (χ0n) is 24.6. The first-order valence-corrected chi connectivity index (χ1v) is 15.4. The summed E-state index contributed by atoms with van der Waals surface area (Å²) in [6, 6.07) is 49.0. The van der Waals surface area contributed by atoms with Crippen molar-refractivity contribution in [1.82, 2.24) is 0 Å². The van der Waals surface area contributed by atoms with E-state index in [0.29, 0.717) is 0 Å². The van der Waals surface area contributed by atoms with E-state index in [1.165, 1.54) is 87.6 Å². The average Bonchev–Trinajstić information content (AvgIpc) is 3.56. The minimum Gasteiger partial charge on any atom is -0.455 e. The Morgan fingerprint density at radius 2 is 1.09 bits per heavy atom. The molecule has 1 aromatic heterocycles. The van der Waals surface area contributed by atoms with Gasteiger partial charge in [0.25, 0.3) is 0 Å². The van der Waals surface area contributed by atoms with Crippen molar-refractivity contribution in [3.05, 3.63) is 145 Å². The van der Waals surface area contributed by atoms with E-state index in [2.05, 4.69) is 147 Å². The molecular formula is C43H28O. The fourth-order valence-electron chi connectivity index (χ4n) is 8.28. The molecule has 0 N–H and O–H groups in total. The van der Waals surface area contributed by atoms with Crippen molar-refractivity contribution in [2.75, 3.05) is 0 Å². The van der Waals surface area contributed by atoms with Gasteiger partial charge in [-0.3, -0.25) is 0 Å². The molecule has 1 aliphatic rings. The predicted molar refractivity (Wildman–Crippen MR) is 186 cm³/mol. The summed E-state index contributed by atoms with van der Waals surface area (Å²) in [5, 5.41) is 10.0. The average molecular weight is 561 g/mol. The van der Waals surface area contributed by atoms with Crippen LogP contribution in [0.5, 0.6) is 0 Å². The molecule has 0 radical (unpaired) electrons. The molecule has 8 aromatic carbocycles. The third-order valence-corrected chi connectivity index (χ3v) is 10.2. The summed E-state index contributed by atoms with van der Waals surface area (Å²) in [6.45, 7) is 4.71. The maximum Gasteiger partial charge on any atom is 0.144 e.